The molecule has 0 fully saturated rings. The summed E-state index contributed by atoms with van der Waals surface area (Å²) < 4.78 is 18.1. The van der Waals surface area contributed by atoms with E-state index in [0.717, 1.165) is 0 Å². The van der Waals surface area contributed by atoms with Crippen molar-refractivity contribution < 1.29 is 19.0 Å². The van der Waals surface area contributed by atoms with Gasteiger partial charge in [0.15, 0.2) is 0 Å². The average molecular weight is 284 g/mol. The van der Waals surface area contributed by atoms with E-state index in [2.05, 4.69) is 5.32 Å². The zero-order valence-corrected chi connectivity index (χ0v) is 12.0. The number of amides is 1. The van der Waals surface area contributed by atoms with Crippen LogP contribution < -0.4 is 10.2 Å². The van der Waals surface area contributed by atoms with Gasteiger partial charge < -0.3 is 20.1 Å². The zero-order valence-electron chi connectivity index (χ0n) is 12.0. The molecule has 0 saturated carbocycles. The summed E-state index contributed by atoms with van der Waals surface area (Å²) in [6, 6.07) is 4.14. The Morgan fingerprint density at radius 2 is 2.25 bits per heavy atom. The fourth-order valence-electron chi connectivity index (χ4n) is 1.86. The summed E-state index contributed by atoms with van der Waals surface area (Å²) in [5, 5.41) is 12.4. The molecule has 1 rings (SSSR count). The number of benzene rings is 1. The average Bonchev–Trinajstić information content (AvgIpc) is 2.38. The molecule has 0 saturated heterocycles. The quantitative estimate of drug-likeness (QED) is 0.736. The van der Waals surface area contributed by atoms with E-state index >= 15 is 0 Å². The number of anilines is 1. The Labute approximate surface area is 118 Å². The number of rotatable bonds is 7. The van der Waals surface area contributed by atoms with Gasteiger partial charge in [-0.3, -0.25) is 4.79 Å². The van der Waals surface area contributed by atoms with Gasteiger partial charge in [-0.1, -0.05) is 0 Å². The summed E-state index contributed by atoms with van der Waals surface area (Å²) >= 11 is 0. The number of halogens is 1. The highest BCUT2D eigenvalue weighted by atomic mass is 19.1. The first kappa shape index (κ1) is 16.4. The molecule has 1 aromatic carbocycles. The van der Waals surface area contributed by atoms with Crippen LogP contribution in [0.3, 0.4) is 0 Å². The topological polar surface area (TPSA) is 61.8 Å². The molecule has 0 radical (unpaired) electrons. The number of aliphatic hydroxyl groups excluding tert-OH is 1. The Hall–Kier alpha value is -1.66. The standard InChI is InChI=1S/C14H21FN2O3/c1-10(18)12-8-11(15)4-5-13(12)17(2)9-14(19)16-6-7-20-3/h4-5,8,10,18H,6-7,9H2,1-3H3,(H,16,19)/t10-/m1/s1. The first-order chi connectivity index (χ1) is 9.45. The third-order valence-corrected chi connectivity index (χ3v) is 2.86. The van der Waals surface area contributed by atoms with Crippen LogP contribution in [0.15, 0.2) is 18.2 Å². The molecule has 112 valence electrons. The van der Waals surface area contributed by atoms with E-state index in [1.54, 1.807) is 32.0 Å². The number of hydrogen-bond donors (Lipinski definition) is 2. The number of aliphatic hydroxyl groups is 1. The minimum absolute atomic E-state index is 0.120. The van der Waals surface area contributed by atoms with Crippen LogP contribution in [0.25, 0.3) is 0 Å². The smallest absolute Gasteiger partial charge is 0.239 e. The molecule has 0 unspecified atom stereocenters. The maximum atomic E-state index is 13.2. The predicted molar refractivity (Wildman–Crippen MR) is 75.2 cm³/mol. The molecule has 0 bridgehead atoms. The highest BCUT2D eigenvalue weighted by molar-refractivity contribution is 5.81. The lowest BCUT2D eigenvalue weighted by Crippen LogP contribution is -2.37. The van der Waals surface area contributed by atoms with Gasteiger partial charge in [0.1, 0.15) is 5.82 Å². The van der Waals surface area contributed by atoms with Crippen LogP contribution in [0.5, 0.6) is 0 Å². The van der Waals surface area contributed by atoms with E-state index in [1.807, 2.05) is 0 Å². The predicted octanol–water partition coefficient (Wildman–Crippen LogP) is 1.08. The molecule has 2 N–H and O–H groups in total. The molecule has 0 heterocycles. The summed E-state index contributed by atoms with van der Waals surface area (Å²) in [5.41, 5.74) is 1.08. The summed E-state index contributed by atoms with van der Waals surface area (Å²) in [6.07, 6.45) is -0.806. The lowest BCUT2D eigenvalue weighted by molar-refractivity contribution is -0.119. The highest BCUT2D eigenvalue weighted by Crippen LogP contribution is 2.26. The van der Waals surface area contributed by atoms with Crippen molar-refractivity contribution in [3.05, 3.63) is 29.6 Å². The van der Waals surface area contributed by atoms with E-state index in [0.29, 0.717) is 24.4 Å². The fourth-order valence-corrected chi connectivity index (χ4v) is 1.86. The summed E-state index contributed by atoms with van der Waals surface area (Å²) in [7, 11) is 3.28. The summed E-state index contributed by atoms with van der Waals surface area (Å²) in [4.78, 5) is 13.4. The summed E-state index contributed by atoms with van der Waals surface area (Å²) in [5.74, 6) is -0.576. The molecule has 1 atom stereocenters. The molecule has 0 spiro atoms. The molecule has 0 aliphatic carbocycles. The van der Waals surface area contributed by atoms with Gasteiger partial charge in [0.25, 0.3) is 0 Å². The van der Waals surface area contributed by atoms with Crippen LogP contribution in [0, 0.1) is 5.82 Å². The summed E-state index contributed by atoms with van der Waals surface area (Å²) in [6.45, 7) is 2.57. The van der Waals surface area contributed by atoms with E-state index in [-0.39, 0.29) is 12.5 Å². The Balaban J connectivity index is 2.72. The maximum absolute atomic E-state index is 13.2. The fraction of sp³-hybridized carbons (Fsp3) is 0.500. The third kappa shape index (κ3) is 4.79. The monoisotopic (exact) mass is 284 g/mol. The normalized spacial score (nSPS) is 12.1. The molecule has 5 nitrogen and oxygen atoms in total. The van der Waals surface area contributed by atoms with E-state index in [9.17, 15) is 14.3 Å². The molecular weight excluding hydrogens is 263 g/mol. The molecule has 6 heteroatoms. The number of nitrogens with zero attached hydrogens (tertiary/aromatic N) is 1. The molecule has 0 aromatic heterocycles. The number of hydrogen-bond acceptors (Lipinski definition) is 4. The van der Waals surface area contributed by atoms with E-state index in [1.165, 1.54) is 12.1 Å². The van der Waals surface area contributed by atoms with Gasteiger partial charge in [0.05, 0.1) is 19.3 Å². The van der Waals surface area contributed by atoms with Crippen LogP contribution in [0.2, 0.25) is 0 Å². The minimum Gasteiger partial charge on any atom is -0.389 e. The third-order valence-electron chi connectivity index (χ3n) is 2.86. The second-order valence-electron chi connectivity index (χ2n) is 4.58. The van der Waals surface area contributed by atoms with Gasteiger partial charge in [-0.05, 0) is 25.1 Å². The van der Waals surface area contributed by atoms with E-state index in [4.69, 9.17) is 4.74 Å². The number of methoxy groups -OCH3 is 1. The Bertz CT molecular complexity index is 452. The van der Waals surface area contributed by atoms with Crippen LogP contribution in [0.1, 0.15) is 18.6 Å². The van der Waals surface area contributed by atoms with Gasteiger partial charge in [-0.25, -0.2) is 4.39 Å². The molecule has 20 heavy (non-hydrogen) atoms. The van der Waals surface area contributed by atoms with Crippen molar-refractivity contribution >= 4 is 11.6 Å². The van der Waals surface area contributed by atoms with Crippen molar-refractivity contribution in [2.24, 2.45) is 0 Å². The van der Waals surface area contributed by atoms with Crippen LogP contribution in [-0.2, 0) is 9.53 Å². The second kappa shape index (κ2) is 7.81. The van der Waals surface area contributed by atoms with Crippen LogP contribution >= 0.6 is 0 Å². The van der Waals surface area contributed by atoms with Crippen LogP contribution in [0.4, 0.5) is 10.1 Å². The van der Waals surface area contributed by atoms with Gasteiger partial charge in [-0.2, -0.15) is 0 Å². The lowest BCUT2D eigenvalue weighted by Gasteiger charge is -2.23. The molecular formula is C14H21FN2O3. The first-order valence-corrected chi connectivity index (χ1v) is 6.40. The van der Waals surface area contributed by atoms with Crippen molar-refractivity contribution in [2.45, 2.75) is 13.0 Å². The Morgan fingerprint density at radius 1 is 1.55 bits per heavy atom. The van der Waals surface area contributed by atoms with E-state index < -0.39 is 11.9 Å². The van der Waals surface area contributed by atoms with Crippen molar-refractivity contribution in [1.82, 2.24) is 5.32 Å². The largest absolute Gasteiger partial charge is 0.389 e. The Kier molecular flexibility index (Phi) is 6.41. The maximum Gasteiger partial charge on any atom is 0.239 e. The minimum atomic E-state index is -0.806. The van der Waals surface area contributed by atoms with Crippen molar-refractivity contribution in [3.63, 3.8) is 0 Å². The Morgan fingerprint density at radius 3 is 2.85 bits per heavy atom. The van der Waals surface area contributed by atoms with Crippen LogP contribution in [-0.4, -0.2) is 44.9 Å². The highest BCUT2D eigenvalue weighted by Gasteiger charge is 2.14. The van der Waals surface area contributed by atoms with Crippen molar-refractivity contribution in [3.8, 4) is 0 Å². The number of ether oxygens (including phenoxy) is 1. The number of carbonyl (C=O) groups excluding carboxylic acids is 1. The van der Waals surface area contributed by atoms with Crippen molar-refractivity contribution in [1.29, 1.82) is 0 Å². The first-order valence-electron chi connectivity index (χ1n) is 6.40. The zero-order chi connectivity index (χ0) is 15.1. The van der Waals surface area contributed by atoms with Gasteiger partial charge in [0.2, 0.25) is 5.91 Å². The molecule has 1 amide bonds. The van der Waals surface area contributed by atoms with Crippen molar-refractivity contribution in [2.75, 3.05) is 38.8 Å². The van der Waals surface area contributed by atoms with Gasteiger partial charge in [-0.15, -0.1) is 0 Å². The molecule has 1 aromatic rings. The van der Waals surface area contributed by atoms with Gasteiger partial charge in [0, 0.05) is 32.0 Å². The van der Waals surface area contributed by atoms with Gasteiger partial charge >= 0.3 is 0 Å². The molecule has 0 aliphatic rings. The number of carbonyl (C=O) groups is 1. The SMILES string of the molecule is COCCNC(=O)CN(C)c1ccc(F)cc1[C@@H](C)O. The number of nitrogens with one attached hydrogen (secondary N) is 1. The second-order valence-corrected chi connectivity index (χ2v) is 4.58. The lowest BCUT2D eigenvalue weighted by atomic mass is 10.1. The number of likely N-dealkylation sites (N-methyl/N-ethyl adjacent to an activating group) is 1. The molecule has 0 aliphatic heterocycles.